The first-order chi connectivity index (χ1) is 24.1. The van der Waals surface area contributed by atoms with E-state index in [1.807, 2.05) is 0 Å². The van der Waals surface area contributed by atoms with Crippen LogP contribution in [0.3, 0.4) is 0 Å². The van der Waals surface area contributed by atoms with Crippen LogP contribution in [0.25, 0.3) is 34.4 Å². The molecule has 0 bridgehead atoms. The van der Waals surface area contributed by atoms with Gasteiger partial charge in [-0.15, -0.1) is 0 Å². The van der Waals surface area contributed by atoms with E-state index in [0.29, 0.717) is 11.8 Å². The second-order valence-electron chi connectivity index (χ2n) is 19.0. The Labute approximate surface area is 324 Å². The number of hydrogen-bond acceptors (Lipinski definition) is 0. The average Bonchev–Trinajstić information content (AvgIpc) is 3.66. The monoisotopic (exact) mass is 825 g/mol. The van der Waals surface area contributed by atoms with Crippen LogP contribution in [0, 0.1) is 24.7 Å². The standard InChI is InChI=1S/2C23H27.C2H7Si.2ClH.Zr/c2*1-15(2)19-9-7-8-10-20(19)22-16(3)11-12-17-13-18(14-21(17)22)23(4,5)6;1-3-2;;;/h2*7-15H,1-6H3;3H,1-2H3;2*1H;/q;;;;;+2/p-2. The summed E-state index contributed by atoms with van der Waals surface area (Å²) >= 11 is -5.09. The molecule has 275 valence electrons. The fourth-order valence-electron chi connectivity index (χ4n) is 9.61. The van der Waals surface area contributed by atoms with Crippen LogP contribution in [0.5, 0.6) is 0 Å². The molecule has 0 nitrogen and oxygen atoms in total. The van der Waals surface area contributed by atoms with Crippen LogP contribution in [0.4, 0.5) is 0 Å². The first kappa shape index (κ1) is 39.7. The summed E-state index contributed by atoms with van der Waals surface area (Å²) in [6.07, 6.45) is 5.09. The van der Waals surface area contributed by atoms with Crippen LogP contribution in [0.2, 0.25) is 13.1 Å². The van der Waals surface area contributed by atoms with Crippen molar-refractivity contribution in [3.63, 3.8) is 0 Å². The van der Waals surface area contributed by atoms with Crippen LogP contribution in [0.1, 0.15) is 133 Å². The molecule has 0 aliphatic heterocycles. The summed E-state index contributed by atoms with van der Waals surface area (Å²) in [5, 5.41) is 0. The predicted octanol–water partition coefficient (Wildman–Crippen LogP) is 15.5. The number of benzene rings is 4. The van der Waals surface area contributed by atoms with Gasteiger partial charge in [0.05, 0.1) is 0 Å². The molecule has 2 aliphatic rings. The molecule has 0 fully saturated rings. The van der Waals surface area contributed by atoms with E-state index in [0.717, 1.165) is 0 Å². The number of fused-ring (bicyclic) bond motifs is 2. The number of hydrogen-bond donors (Lipinski definition) is 0. The molecule has 4 aromatic carbocycles. The molecule has 0 aromatic heterocycles. The maximum absolute atomic E-state index is 8.99. The summed E-state index contributed by atoms with van der Waals surface area (Å²) in [5.74, 6) is -0.930. The molecule has 2 unspecified atom stereocenters. The van der Waals surface area contributed by atoms with Gasteiger partial charge in [-0.2, -0.15) is 0 Å². The van der Waals surface area contributed by atoms with Gasteiger partial charge in [-0.05, 0) is 0 Å². The minimum absolute atomic E-state index is 0.0198. The second-order valence-corrected chi connectivity index (χ2v) is 61.5. The van der Waals surface area contributed by atoms with Crippen molar-refractivity contribution in [3.8, 4) is 22.3 Å². The Morgan fingerprint density at radius 3 is 1.21 bits per heavy atom. The van der Waals surface area contributed by atoms with Crippen molar-refractivity contribution in [3.05, 3.63) is 128 Å². The summed E-state index contributed by atoms with van der Waals surface area (Å²) < 4.78 is 0.0396. The molecule has 4 heteroatoms. The van der Waals surface area contributed by atoms with Gasteiger partial charge in [-0.3, -0.25) is 0 Å². The Balaban J connectivity index is 1.71. The number of halogens is 2. The van der Waals surface area contributed by atoms with Crippen molar-refractivity contribution in [2.24, 2.45) is 10.8 Å². The van der Waals surface area contributed by atoms with E-state index >= 15 is 0 Å². The molecule has 4 aromatic rings. The first-order valence-corrected chi connectivity index (χ1v) is 35.9. The fraction of sp³-hybridized carbons (Fsp3) is 0.417. The number of allylic oxidation sites excluding steroid dienone is 2. The Kier molecular flexibility index (Phi) is 10.4. The molecule has 0 amide bonds. The van der Waals surface area contributed by atoms with Crippen molar-refractivity contribution < 1.29 is 15.6 Å². The normalized spacial score (nSPS) is 18.4. The van der Waals surface area contributed by atoms with E-state index in [-0.39, 0.29) is 18.1 Å². The van der Waals surface area contributed by atoms with Gasteiger partial charge in [-0.1, -0.05) is 0 Å². The maximum atomic E-state index is 8.99. The van der Waals surface area contributed by atoms with E-state index in [1.54, 1.807) is 0 Å². The topological polar surface area (TPSA) is 0 Å². The van der Waals surface area contributed by atoms with Crippen LogP contribution >= 0.6 is 17.0 Å². The molecule has 6 rings (SSSR count). The Morgan fingerprint density at radius 1 is 0.558 bits per heavy atom. The van der Waals surface area contributed by atoms with E-state index < -0.39 is 21.5 Å². The molecular formula is C48H61Cl2SiZr. The van der Waals surface area contributed by atoms with Gasteiger partial charge in [0, 0.05) is 0 Å². The number of rotatable bonds is 7. The summed E-state index contributed by atoms with van der Waals surface area (Å²) in [4.78, 5) is 0. The Hall–Kier alpha value is -1.96. The van der Waals surface area contributed by atoms with Crippen LogP contribution in [-0.2, 0) is 15.6 Å². The minimum atomic E-state index is -5.09. The second kappa shape index (κ2) is 13.7. The van der Waals surface area contributed by atoms with Gasteiger partial charge in [0.25, 0.3) is 0 Å². The third-order valence-corrected chi connectivity index (χ3v) is 64.0. The third-order valence-electron chi connectivity index (χ3n) is 12.5. The molecule has 2 aliphatic carbocycles. The van der Waals surface area contributed by atoms with Crippen molar-refractivity contribution >= 4 is 35.1 Å². The zero-order valence-corrected chi connectivity index (χ0v) is 39.4. The molecule has 0 heterocycles. The molecule has 0 saturated heterocycles. The molecule has 0 spiro atoms. The zero-order valence-electron chi connectivity index (χ0n) is 34.2. The summed E-state index contributed by atoms with van der Waals surface area (Å²) in [7, 11) is 18.0. The molecule has 0 N–H and O–H groups in total. The van der Waals surface area contributed by atoms with Gasteiger partial charge < -0.3 is 0 Å². The number of aryl methyl sites for hydroxylation is 2. The molecule has 0 saturated carbocycles. The Bertz CT molecular complexity index is 1970. The van der Waals surface area contributed by atoms with Gasteiger partial charge in [-0.25, -0.2) is 0 Å². The van der Waals surface area contributed by atoms with Crippen molar-refractivity contribution in [1.29, 1.82) is 0 Å². The zero-order chi connectivity index (χ0) is 38.3. The van der Waals surface area contributed by atoms with Gasteiger partial charge >= 0.3 is 327 Å². The molecule has 0 radical (unpaired) electrons. The van der Waals surface area contributed by atoms with E-state index in [2.05, 4.69) is 181 Å². The first-order valence-electron chi connectivity index (χ1n) is 19.6. The fourth-order valence-corrected chi connectivity index (χ4v) is 41.0. The van der Waals surface area contributed by atoms with E-state index in [1.165, 1.54) is 77.9 Å². The average molecular weight is 828 g/mol. The predicted molar refractivity (Wildman–Crippen MR) is 232 cm³/mol. The van der Waals surface area contributed by atoms with Gasteiger partial charge in [0.15, 0.2) is 0 Å². The third kappa shape index (κ3) is 6.29. The van der Waals surface area contributed by atoms with Crippen molar-refractivity contribution in [2.75, 3.05) is 0 Å². The summed E-state index contributed by atoms with van der Waals surface area (Å²) in [6, 6.07) is 27.6. The van der Waals surface area contributed by atoms with Crippen LogP contribution < -0.4 is 0 Å². The summed E-state index contributed by atoms with van der Waals surface area (Å²) in [5.41, 5.74) is 18.8. The van der Waals surface area contributed by atoms with E-state index in [4.69, 9.17) is 17.0 Å². The van der Waals surface area contributed by atoms with E-state index in [9.17, 15) is 0 Å². The molecular weight excluding hydrogens is 767 g/mol. The Morgan fingerprint density at radius 2 is 0.904 bits per heavy atom. The molecule has 2 atom stereocenters. The van der Waals surface area contributed by atoms with Crippen molar-refractivity contribution in [1.82, 2.24) is 0 Å². The molecule has 52 heavy (non-hydrogen) atoms. The van der Waals surface area contributed by atoms with Crippen LogP contribution in [0.15, 0.2) is 83.9 Å². The van der Waals surface area contributed by atoms with Crippen molar-refractivity contribution in [2.45, 2.75) is 115 Å². The SMILES string of the molecule is Cc1ccc2c(c1-c1ccccc1C(C)C)C=C(C(C)(C)C)[CH]2[Zr]([Cl])([Cl])([CH]1C(C(C)(C)C)=Cc2c1ccc(C)c2-c1ccccc1C(C)C)[SiH](C)C. The quantitative estimate of drug-likeness (QED) is 0.163. The van der Waals surface area contributed by atoms with Gasteiger partial charge in [0.1, 0.15) is 0 Å². The summed E-state index contributed by atoms with van der Waals surface area (Å²) in [6.45, 7) is 33.0. The van der Waals surface area contributed by atoms with Gasteiger partial charge in [0.2, 0.25) is 0 Å². The van der Waals surface area contributed by atoms with Crippen LogP contribution in [-0.4, -0.2) is 5.92 Å².